The fourth-order valence-electron chi connectivity index (χ4n) is 1.29. The third kappa shape index (κ3) is 4.21. The summed E-state index contributed by atoms with van der Waals surface area (Å²) in [5, 5.41) is 3.31. The van der Waals surface area contributed by atoms with E-state index in [4.69, 9.17) is 10.5 Å². The number of hydrogen-bond acceptors (Lipinski definition) is 3. The van der Waals surface area contributed by atoms with Crippen LogP contribution in [0.4, 0.5) is 5.69 Å². The molecule has 1 rings (SSSR count). The summed E-state index contributed by atoms with van der Waals surface area (Å²) in [6.45, 7) is 5.64. The lowest BCUT2D eigenvalue weighted by Crippen LogP contribution is -2.11. The molecule has 84 valence electrons. The van der Waals surface area contributed by atoms with E-state index in [1.165, 1.54) is 0 Å². The highest BCUT2D eigenvalue weighted by atomic mass is 16.5. The van der Waals surface area contributed by atoms with Gasteiger partial charge in [-0.2, -0.15) is 0 Å². The van der Waals surface area contributed by atoms with Gasteiger partial charge in [0, 0.05) is 6.54 Å². The van der Waals surface area contributed by atoms with Crippen LogP contribution < -0.4 is 15.8 Å². The molecule has 0 amide bonds. The second kappa shape index (κ2) is 6.30. The Bertz CT molecular complexity index is 287. The molecule has 0 unspecified atom stereocenters. The van der Waals surface area contributed by atoms with Crippen molar-refractivity contribution in [3.63, 3.8) is 0 Å². The Morgan fingerprint density at radius 2 is 2.07 bits per heavy atom. The van der Waals surface area contributed by atoms with E-state index in [9.17, 15) is 0 Å². The molecule has 15 heavy (non-hydrogen) atoms. The molecular formula is C12H20N2O. The normalized spacial score (nSPS) is 10.4. The molecule has 0 atom stereocenters. The van der Waals surface area contributed by atoms with E-state index in [2.05, 4.69) is 5.32 Å². The largest absolute Gasteiger partial charge is 0.489 e. The molecule has 0 aromatic heterocycles. The zero-order chi connectivity index (χ0) is 11.1. The van der Waals surface area contributed by atoms with Gasteiger partial charge in [-0.25, -0.2) is 0 Å². The predicted octanol–water partition coefficient (Wildman–Crippen LogP) is 2.23. The minimum atomic E-state index is 0.197. The highest BCUT2D eigenvalue weighted by Gasteiger charge is 2.03. The summed E-state index contributed by atoms with van der Waals surface area (Å²) in [5.41, 5.74) is 6.48. The second-order valence-electron chi connectivity index (χ2n) is 3.73. The fourth-order valence-corrected chi connectivity index (χ4v) is 1.29. The van der Waals surface area contributed by atoms with Crippen LogP contribution in [-0.2, 0) is 0 Å². The van der Waals surface area contributed by atoms with Gasteiger partial charge in [0.05, 0.1) is 11.8 Å². The van der Waals surface area contributed by atoms with Crippen molar-refractivity contribution in [1.82, 2.24) is 0 Å². The number of nitrogens with two attached hydrogens (primary N) is 1. The van der Waals surface area contributed by atoms with Crippen molar-refractivity contribution in [1.29, 1.82) is 0 Å². The average molecular weight is 208 g/mol. The minimum Gasteiger partial charge on any atom is -0.489 e. The molecule has 0 aliphatic carbocycles. The van der Waals surface area contributed by atoms with Gasteiger partial charge in [-0.1, -0.05) is 12.1 Å². The summed E-state index contributed by atoms with van der Waals surface area (Å²) in [7, 11) is 0. The third-order valence-corrected chi connectivity index (χ3v) is 1.95. The molecule has 0 fully saturated rings. The van der Waals surface area contributed by atoms with Crippen LogP contribution in [0.15, 0.2) is 24.3 Å². The Morgan fingerprint density at radius 1 is 1.33 bits per heavy atom. The summed E-state index contributed by atoms with van der Waals surface area (Å²) in [5.74, 6) is 0.907. The number of para-hydroxylation sites is 2. The molecule has 1 aromatic carbocycles. The van der Waals surface area contributed by atoms with E-state index in [-0.39, 0.29) is 6.10 Å². The van der Waals surface area contributed by atoms with Gasteiger partial charge in [0.15, 0.2) is 0 Å². The fraction of sp³-hybridized carbons (Fsp3) is 0.500. The van der Waals surface area contributed by atoms with Gasteiger partial charge < -0.3 is 15.8 Å². The predicted molar refractivity (Wildman–Crippen MR) is 64.4 cm³/mol. The number of hydrogen-bond donors (Lipinski definition) is 2. The van der Waals surface area contributed by atoms with Gasteiger partial charge >= 0.3 is 0 Å². The molecule has 0 aliphatic rings. The van der Waals surface area contributed by atoms with E-state index < -0.39 is 0 Å². The maximum absolute atomic E-state index is 5.68. The molecule has 0 saturated carbocycles. The highest BCUT2D eigenvalue weighted by molar-refractivity contribution is 5.56. The Hall–Kier alpha value is -1.22. The third-order valence-electron chi connectivity index (χ3n) is 1.95. The molecule has 0 aliphatic heterocycles. The van der Waals surface area contributed by atoms with E-state index in [1.54, 1.807) is 0 Å². The maximum atomic E-state index is 5.68. The van der Waals surface area contributed by atoms with E-state index >= 15 is 0 Å². The summed E-state index contributed by atoms with van der Waals surface area (Å²) in [4.78, 5) is 0. The SMILES string of the molecule is CC(C)Oc1ccccc1NCCCN. The maximum Gasteiger partial charge on any atom is 0.142 e. The van der Waals surface area contributed by atoms with Gasteiger partial charge in [0.1, 0.15) is 5.75 Å². The van der Waals surface area contributed by atoms with Crippen molar-refractivity contribution in [3.8, 4) is 5.75 Å². The van der Waals surface area contributed by atoms with Crippen molar-refractivity contribution >= 4 is 5.69 Å². The van der Waals surface area contributed by atoms with Crippen LogP contribution in [0.5, 0.6) is 5.75 Å². The lowest BCUT2D eigenvalue weighted by Gasteiger charge is -2.15. The van der Waals surface area contributed by atoms with Crippen LogP contribution in [-0.4, -0.2) is 19.2 Å². The standard InChI is InChI=1S/C12H20N2O/c1-10(2)15-12-7-4-3-6-11(12)14-9-5-8-13/h3-4,6-7,10,14H,5,8-9,13H2,1-2H3. The zero-order valence-electron chi connectivity index (χ0n) is 9.49. The van der Waals surface area contributed by atoms with Crippen LogP contribution in [0.3, 0.4) is 0 Å². The molecule has 0 spiro atoms. The van der Waals surface area contributed by atoms with Crippen molar-refractivity contribution in [2.75, 3.05) is 18.4 Å². The molecule has 3 nitrogen and oxygen atoms in total. The minimum absolute atomic E-state index is 0.197. The summed E-state index contributed by atoms with van der Waals surface area (Å²) >= 11 is 0. The lowest BCUT2D eigenvalue weighted by molar-refractivity contribution is 0.243. The van der Waals surface area contributed by atoms with Gasteiger partial charge in [-0.15, -0.1) is 0 Å². The van der Waals surface area contributed by atoms with Gasteiger partial charge in [0.25, 0.3) is 0 Å². The number of anilines is 1. The molecule has 0 saturated heterocycles. The smallest absolute Gasteiger partial charge is 0.142 e. The summed E-state index contributed by atoms with van der Waals surface area (Å²) < 4.78 is 5.68. The second-order valence-corrected chi connectivity index (χ2v) is 3.73. The van der Waals surface area contributed by atoms with Crippen LogP contribution in [0.2, 0.25) is 0 Å². The molecule has 3 N–H and O–H groups in total. The van der Waals surface area contributed by atoms with Crippen LogP contribution in [0, 0.1) is 0 Å². The topological polar surface area (TPSA) is 47.3 Å². The number of rotatable bonds is 6. The Kier molecular flexibility index (Phi) is 4.98. The quantitative estimate of drug-likeness (QED) is 0.705. The van der Waals surface area contributed by atoms with Crippen LogP contribution in [0.1, 0.15) is 20.3 Å². The average Bonchev–Trinajstić information content (AvgIpc) is 2.20. The first-order valence-corrected chi connectivity index (χ1v) is 5.43. The molecule has 0 heterocycles. The first kappa shape index (κ1) is 11.9. The number of ether oxygens (including phenoxy) is 1. The van der Waals surface area contributed by atoms with Crippen molar-refractivity contribution in [3.05, 3.63) is 24.3 Å². The first-order chi connectivity index (χ1) is 7.24. The van der Waals surface area contributed by atoms with Gasteiger partial charge in [0.2, 0.25) is 0 Å². The number of benzene rings is 1. The van der Waals surface area contributed by atoms with E-state index in [0.29, 0.717) is 6.54 Å². The molecule has 1 aromatic rings. The molecular weight excluding hydrogens is 188 g/mol. The first-order valence-electron chi connectivity index (χ1n) is 5.43. The van der Waals surface area contributed by atoms with Crippen molar-refractivity contribution in [2.45, 2.75) is 26.4 Å². The van der Waals surface area contributed by atoms with E-state index in [0.717, 1.165) is 24.4 Å². The lowest BCUT2D eigenvalue weighted by atomic mass is 10.2. The van der Waals surface area contributed by atoms with Crippen molar-refractivity contribution < 1.29 is 4.74 Å². The van der Waals surface area contributed by atoms with Crippen LogP contribution >= 0.6 is 0 Å². The molecule has 0 bridgehead atoms. The Labute approximate surface area is 91.6 Å². The Morgan fingerprint density at radius 3 is 2.73 bits per heavy atom. The van der Waals surface area contributed by atoms with Crippen LogP contribution in [0.25, 0.3) is 0 Å². The zero-order valence-corrected chi connectivity index (χ0v) is 9.49. The summed E-state index contributed by atoms with van der Waals surface area (Å²) in [6, 6.07) is 7.98. The van der Waals surface area contributed by atoms with Gasteiger partial charge in [-0.05, 0) is 38.9 Å². The highest BCUT2D eigenvalue weighted by Crippen LogP contribution is 2.24. The molecule has 3 heteroatoms. The van der Waals surface area contributed by atoms with E-state index in [1.807, 2.05) is 38.1 Å². The van der Waals surface area contributed by atoms with Crippen molar-refractivity contribution in [2.24, 2.45) is 5.73 Å². The summed E-state index contributed by atoms with van der Waals surface area (Å²) in [6.07, 6.45) is 1.16. The van der Waals surface area contributed by atoms with Gasteiger partial charge in [-0.3, -0.25) is 0 Å². The monoisotopic (exact) mass is 208 g/mol. The Balaban J connectivity index is 2.60. The number of nitrogens with one attached hydrogen (secondary N) is 1. The molecule has 0 radical (unpaired) electrons.